The lowest BCUT2D eigenvalue weighted by Crippen LogP contribution is -2.48. The molecular formula is C27H29ClF2N4O4. The maximum absolute atomic E-state index is 13.6. The van der Waals surface area contributed by atoms with E-state index in [0.717, 1.165) is 24.7 Å². The molecule has 1 fully saturated rings. The van der Waals surface area contributed by atoms with Gasteiger partial charge in [-0.2, -0.15) is 0 Å². The first-order chi connectivity index (χ1) is 18.4. The molecule has 0 spiro atoms. The highest BCUT2D eigenvalue weighted by atomic mass is 35.5. The zero-order chi connectivity index (χ0) is 26.9. The van der Waals surface area contributed by atoms with Gasteiger partial charge in [-0.05, 0) is 48.0 Å². The van der Waals surface area contributed by atoms with E-state index in [1.807, 2.05) is 0 Å². The summed E-state index contributed by atoms with van der Waals surface area (Å²) in [5, 5.41) is 2.58. The number of carbonyl (C=O) groups excluding carboxylic acids is 2. The van der Waals surface area contributed by atoms with Crippen molar-refractivity contribution in [3.05, 3.63) is 88.8 Å². The van der Waals surface area contributed by atoms with E-state index >= 15 is 0 Å². The van der Waals surface area contributed by atoms with E-state index in [4.69, 9.17) is 20.8 Å². The van der Waals surface area contributed by atoms with Crippen molar-refractivity contribution < 1.29 is 27.5 Å². The van der Waals surface area contributed by atoms with Crippen LogP contribution in [0, 0.1) is 11.6 Å². The van der Waals surface area contributed by atoms with Gasteiger partial charge < -0.3 is 24.3 Å². The maximum Gasteiger partial charge on any atom is 0.322 e. The minimum Gasteiger partial charge on any atom is -0.467 e. The van der Waals surface area contributed by atoms with E-state index in [-0.39, 0.29) is 42.9 Å². The first-order valence-corrected chi connectivity index (χ1v) is 12.6. The van der Waals surface area contributed by atoms with Gasteiger partial charge in [-0.1, -0.05) is 23.7 Å². The molecule has 1 saturated heterocycles. The van der Waals surface area contributed by atoms with E-state index in [9.17, 15) is 18.4 Å². The van der Waals surface area contributed by atoms with Crippen LogP contribution in [0.1, 0.15) is 11.3 Å². The molecule has 4 rings (SSSR count). The predicted octanol–water partition coefficient (Wildman–Crippen LogP) is 4.61. The second-order valence-corrected chi connectivity index (χ2v) is 9.30. The van der Waals surface area contributed by atoms with Crippen molar-refractivity contribution in [2.24, 2.45) is 0 Å². The Balaban J connectivity index is 1.50. The standard InChI is InChI=1S/C27H29ClF2N4O4/c28-24-16-22(7-8-25(24)30)31-27(36)33(10-9-32-11-14-37-15-12-32)19-26(35)34(18-23-2-1-13-38-23)17-20-3-5-21(29)6-4-20/h1-8,13,16H,9-12,14-15,17-19H2,(H,31,36). The number of carbonyl (C=O) groups is 2. The molecule has 38 heavy (non-hydrogen) atoms. The number of urea groups is 1. The summed E-state index contributed by atoms with van der Waals surface area (Å²) in [5.41, 5.74) is 1.04. The highest BCUT2D eigenvalue weighted by Crippen LogP contribution is 2.20. The molecule has 11 heteroatoms. The Hall–Kier alpha value is -3.47. The molecule has 0 saturated carbocycles. The minimum absolute atomic E-state index is 0.123. The van der Waals surface area contributed by atoms with Gasteiger partial charge in [0.05, 0.1) is 31.0 Å². The largest absolute Gasteiger partial charge is 0.467 e. The summed E-state index contributed by atoms with van der Waals surface area (Å²) in [6, 6.07) is 12.7. The molecule has 1 aliphatic heterocycles. The number of nitrogens with zero attached hydrogens (tertiary/aromatic N) is 3. The van der Waals surface area contributed by atoms with Crippen molar-refractivity contribution in [2.45, 2.75) is 13.1 Å². The monoisotopic (exact) mass is 546 g/mol. The Kier molecular flexibility index (Phi) is 9.69. The van der Waals surface area contributed by atoms with E-state index in [0.29, 0.717) is 31.2 Å². The van der Waals surface area contributed by atoms with E-state index in [1.54, 1.807) is 29.2 Å². The van der Waals surface area contributed by atoms with Crippen LogP contribution in [0.25, 0.3) is 0 Å². The molecule has 2 aromatic carbocycles. The number of rotatable bonds is 10. The molecule has 8 nitrogen and oxygen atoms in total. The predicted molar refractivity (Wildman–Crippen MR) is 139 cm³/mol. The zero-order valence-electron chi connectivity index (χ0n) is 20.7. The molecule has 0 atom stereocenters. The van der Waals surface area contributed by atoms with E-state index in [1.165, 1.54) is 35.4 Å². The Bertz CT molecular complexity index is 1200. The fourth-order valence-corrected chi connectivity index (χ4v) is 4.19. The Morgan fingerprint density at radius 3 is 2.45 bits per heavy atom. The summed E-state index contributed by atoms with van der Waals surface area (Å²) in [6.45, 7) is 3.65. The number of ether oxygens (including phenoxy) is 1. The third kappa shape index (κ3) is 8.01. The Morgan fingerprint density at radius 2 is 1.76 bits per heavy atom. The van der Waals surface area contributed by atoms with Gasteiger partial charge in [0.2, 0.25) is 5.91 Å². The minimum atomic E-state index is -0.599. The SMILES string of the molecule is O=C(CN(CCN1CCOCC1)C(=O)Nc1ccc(F)c(Cl)c1)N(Cc1ccc(F)cc1)Cc1ccco1. The quantitative estimate of drug-likeness (QED) is 0.402. The third-order valence-corrected chi connectivity index (χ3v) is 6.43. The average molecular weight is 547 g/mol. The van der Waals surface area contributed by atoms with Gasteiger partial charge in [0.25, 0.3) is 0 Å². The van der Waals surface area contributed by atoms with Crippen LogP contribution >= 0.6 is 11.6 Å². The van der Waals surface area contributed by atoms with Gasteiger partial charge in [-0.3, -0.25) is 9.69 Å². The normalized spacial score (nSPS) is 13.8. The van der Waals surface area contributed by atoms with Crippen LogP contribution in [0.15, 0.2) is 65.3 Å². The highest BCUT2D eigenvalue weighted by molar-refractivity contribution is 6.31. The van der Waals surface area contributed by atoms with Crippen LogP contribution in [-0.2, 0) is 22.6 Å². The molecule has 202 valence electrons. The van der Waals surface area contributed by atoms with Gasteiger partial charge in [0.15, 0.2) is 0 Å². The Labute approximate surface area is 224 Å². The van der Waals surface area contributed by atoms with E-state index in [2.05, 4.69) is 10.2 Å². The number of anilines is 1. The number of hydrogen-bond acceptors (Lipinski definition) is 5. The number of morpholine rings is 1. The second kappa shape index (κ2) is 13.4. The molecule has 1 N–H and O–H groups in total. The summed E-state index contributed by atoms with van der Waals surface area (Å²) >= 11 is 5.87. The van der Waals surface area contributed by atoms with Crippen LogP contribution in [0.2, 0.25) is 5.02 Å². The first kappa shape index (κ1) is 27.6. The summed E-state index contributed by atoms with van der Waals surface area (Å²) in [4.78, 5) is 31.9. The molecule has 0 unspecified atom stereocenters. The van der Waals surface area contributed by atoms with Crippen molar-refractivity contribution in [2.75, 3.05) is 51.3 Å². The topological polar surface area (TPSA) is 78.3 Å². The number of amides is 3. The third-order valence-electron chi connectivity index (χ3n) is 6.14. The lowest BCUT2D eigenvalue weighted by Gasteiger charge is -2.31. The van der Waals surface area contributed by atoms with Crippen molar-refractivity contribution in [1.29, 1.82) is 0 Å². The molecule has 1 aliphatic rings. The fourth-order valence-electron chi connectivity index (χ4n) is 4.01. The van der Waals surface area contributed by atoms with Gasteiger partial charge in [0.1, 0.15) is 23.9 Å². The molecule has 0 aliphatic carbocycles. The van der Waals surface area contributed by atoms with Crippen molar-refractivity contribution in [3.63, 3.8) is 0 Å². The summed E-state index contributed by atoms with van der Waals surface area (Å²) < 4.78 is 37.8. The molecule has 0 bridgehead atoms. The second-order valence-electron chi connectivity index (χ2n) is 8.89. The number of hydrogen-bond donors (Lipinski definition) is 1. The van der Waals surface area contributed by atoms with Crippen LogP contribution in [0.3, 0.4) is 0 Å². The van der Waals surface area contributed by atoms with Gasteiger partial charge in [-0.15, -0.1) is 0 Å². The summed E-state index contributed by atoms with van der Waals surface area (Å²) in [5.74, 6) is -0.714. The molecular weight excluding hydrogens is 518 g/mol. The van der Waals surface area contributed by atoms with Crippen LogP contribution in [0.4, 0.5) is 19.3 Å². The molecule has 3 amide bonds. The van der Waals surface area contributed by atoms with Gasteiger partial charge >= 0.3 is 6.03 Å². The summed E-state index contributed by atoms with van der Waals surface area (Å²) in [6.07, 6.45) is 1.52. The lowest BCUT2D eigenvalue weighted by atomic mass is 10.2. The molecule has 2 heterocycles. The number of benzene rings is 2. The maximum atomic E-state index is 13.6. The molecule has 3 aromatic rings. The van der Waals surface area contributed by atoms with Crippen molar-refractivity contribution in [1.82, 2.24) is 14.7 Å². The van der Waals surface area contributed by atoms with Gasteiger partial charge in [0, 0.05) is 38.4 Å². The lowest BCUT2D eigenvalue weighted by molar-refractivity contribution is -0.133. The number of furan rings is 1. The smallest absolute Gasteiger partial charge is 0.322 e. The fraction of sp³-hybridized carbons (Fsp3) is 0.333. The van der Waals surface area contributed by atoms with Crippen LogP contribution in [-0.4, -0.2) is 72.6 Å². The van der Waals surface area contributed by atoms with Crippen molar-refractivity contribution >= 4 is 29.2 Å². The number of nitrogens with one attached hydrogen (secondary N) is 1. The van der Waals surface area contributed by atoms with Gasteiger partial charge in [-0.25, -0.2) is 13.6 Å². The molecule has 1 aromatic heterocycles. The van der Waals surface area contributed by atoms with Crippen molar-refractivity contribution in [3.8, 4) is 0 Å². The number of halogens is 3. The Morgan fingerprint density at radius 1 is 1.00 bits per heavy atom. The highest BCUT2D eigenvalue weighted by Gasteiger charge is 2.24. The van der Waals surface area contributed by atoms with Crippen LogP contribution < -0.4 is 5.32 Å². The average Bonchev–Trinajstić information content (AvgIpc) is 3.43. The zero-order valence-corrected chi connectivity index (χ0v) is 21.5. The van der Waals surface area contributed by atoms with E-state index < -0.39 is 11.8 Å². The summed E-state index contributed by atoms with van der Waals surface area (Å²) in [7, 11) is 0. The molecule has 0 radical (unpaired) electrons. The first-order valence-electron chi connectivity index (χ1n) is 12.2. The van der Waals surface area contributed by atoms with Crippen LogP contribution in [0.5, 0.6) is 0 Å².